The average Bonchev–Trinajstić information content (AvgIpc) is 2.89. The second-order valence-corrected chi connectivity index (χ2v) is 6.89. The van der Waals surface area contributed by atoms with Gasteiger partial charge in [0.15, 0.2) is 0 Å². The van der Waals surface area contributed by atoms with E-state index in [0.717, 1.165) is 15.0 Å². The van der Waals surface area contributed by atoms with Gasteiger partial charge >= 0.3 is 5.97 Å². The number of carboxylic acids is 1. The summed E-state index contributed by atoms with van der Waals surface area (Å²) in [4.78, 5) is 29.5. The molecule has 1 heterocycles. The number of rotatable bonds is 6. The first-order chi connectivity index (χ1) is 10.5. The predicted octanol–water partition coefficient (Wildman–Crippen LogP) is 3.33. The van der Waals surface area contributed by atoms with Crippen LogP contribution in [0.4, 0.5) is 0 Å². The number of carbonyl (C=O) groups excluding carboxylic acids is 1. The van der Waals surface area contributed by atoms with E-state index < -0.39 is 5.97 Å². The van der Waals surface area contributed by atoms with E-state index in [1.807, 2.05) is 31.2 Å². The summed E-state index contributed by atoms with van der Waals surface area (Å²) in [5.41, 5.74) is 0.939. The van der Waals surface area contributed by atoms with Crippen LogP contribution in [0.25, 0.3) is 0 Å². The number of amides is 1. The molecule has 0 saturated heterocycles. The van der Waals surface area contributed by atoms with Gasteiger partial charge in [-0.1, -0.05) is 28.1 Å². The highest BCUT2D eigenvalue weighted by atomic mass is 79.9. The van der Waals surface area contributed by atoms with Gasteiger partial charge in [0.2, 0.25) is 0 Å². The van der Waals surface area contributed by atoms with E-state index in [0.29, 0.717) is 11.4 Å². The number of nitrogens with zero attached hydrogens (tertiary/aromatic N) is 2. The fraction of sp³-hybridized carbons (Fsp3) is 0.267. The first-order valence-electron chi connectivity index (χ1n) is 6.63. The number of halogens is 1. The van der Waals surface area contributed by atoms with Gasteiger partial charge in [-0.25, -0.2) is 4.98 Å². The molecule has 0 spiro atoms. The van der Waals surface area contributed by atoms with Crippen LogP contribution in [0, 0.1) is 6.92 Å². The third kappa shape index (κ3) is 4.64. The number of aliphatic carboxylic acids is 1. The van der Waals surface area contributed by atoms with Crippen molar-refractivity contribution in [2.45, 2.75) is 19.9 Å². The Labute approximate surface area is 140 Å². The van der Waals surface area contributed by atoms with E-state index >= 15 is 0 Å². The Morgan fingerprint density at radius 3 is 2.77 bits per heavy atom. The summed E-state index contributed by atoms with van der Waals surface area (Å²) in [5, 5.41) is 9.68. The first-order valence-corrected chi connectivity index (χ1v) is 8.24. The molecular weight excluding hydrogens is 368 g/mol. The van der Waals surface area contributed by atoms with E-state index in [1.165, 1.54) is 17.5 Å². The fourth-order valence-electron chi connectivity index (χ4n) is 1.95. The highest BCUT2D eigenvalue weighted by Gasteiger charge is 2.19. The Hall–Kier alpha value is -1.73. The molecule has 5 nitrogen and oxygen atoms in total. The Kier molecular flexibility index (Phi) is 5.68. The van der Waals surface area contributed by atoms with Crippen LogP contribution < -0.4 is 0 Å². The van der Waals surface area contributed by atoms with Crippen LogP contribution in [0.2, 0.25) is 0 Å². The summed E-state index contributed by atoms with van der Waals surface area (Å²) in [6.07, 6.45) is 1.45. The third-order valence-corrected chi connectivity index (χ3v) is 4.37. The number of carbonyl (C=O) groups is 2. The van der Waals surface area contributed by atoms with Crippen LogP contribution >= 0.6 is 27.3 Å². The zero-order valence-corrected chi connectivity index (χ0v) is 14.4. The lowest BCUT2D eigenvalue weighted by molar-refractivity contribution is -0.137. The molecule has 0 saturated carbocycles. The molecule has 2 aromatic rings. The lowest BCUT2D eigenvalue weighted by Gasteiger charge is -2.21. The molecule has 22 heavy (non-hydrogen) atoms. The molecule has 0 aliphatic rings. The number of thiazole rings is 1. The van der Waals surface area contributed by atoms with E-state index in [2.05, 4.69) is 20.9 Å². The molecule has 7 heteroatoms. The van der Waals surface area contributed by atoms with Crippen molar-refractivity contribution < 1.29 is 14.7 Å². The van der Waals surface area contributed by atoms with Crippen molar-refractivity contribution in [2.24, 2.45) is 0 Å². The van der Waals surface area contributed by atoms with Crippen molar-refractivity contribution in [3.63, 3.8) is 0 Å². The smallest absolute Gasteiger partial charge is 0.305 e. The highest BCUT2D eigenvalue weighted by Crippen LogP contribution is 2.18. The van der Waals surface area contributed by atoms with E-state index in [1.54, 1.807) is 4.90 Å². The van der Waals surface area contributed by atoms with Gasteiger partial charge in [0, 0.05) is 17.6 Å². The topological polar surface area (TPSA) is 70.5 Å². The maximum absolute atomic E-state index is 12.6. The molecule has 0 atom stereocenters. The van der Waals surface area contributed by atoms with Gasteiger partial charge in [0.05, 0.1) is 17.6 Å². The lowest BCUT2D eigenvalue weighted by atomic mass is 10.2. The summed E-state index contributed by atoms with van der Waals surface area (Å²) in [6.45, 7) is 2.36. The fourth-order valence-corrected chi connectivity index (χ4v) is 3.15. The van der Waals surface area contributed by atoms with Crippen molar-refractivity contribution in [2.75, 3.05) is 6.54 Å². The Bertz CT molecular complexity index is 687. The van der Waals surface area contributed by atoms with Crippen LogP contribution in [0.5, 0.6) is 0 Å². The van der Waals surface area contributed by atoms with Gasteiger partial charge < -0.3 is 10.0 Å². The molecule has 1 N–H and O–H groups in total. The Morgan fingerprint density at radius 1 is 1.41 bits per heavy atom. The van der Waals surface area contributed by atoms with Crippen molar-refractivity contribution in [3.05, 3.63) is 50.4 Å². The van der Waals surface area contributed by atoms with Crippen LogP contribution in [-0.4, -0.2) is 33.4 Å². The summed E-state index contributed by atoms with van der Waals surface area (Å²) in [6, 6.07) is 7.61. The number of hydrogen-bond donors (Lipinski definition) is 1. The first kappa shape index (κ1) is 16.6. The minimum atomic E-state index is -0.924. The number of benzene rings is 1. The molecule has 0 bridgehead atoms. The molecule has 1 amide bonds. The number of carboxylic acid groups (broad SMARTS) is 1. The quantitative estimate of drug-likeness (QED) is 0.831. The second-order valence-electron chi connectivity index (χ2n) is 4.74. The minimum absolute atomic E-state index is 0.0858. The van der Waals surface area contributed by atoms with Gasteiger partial charge in [0.1, 0.15) is 4.88 Å². The SMILES string of the molecule is Cc1ncc(C(=O)N(CCC(=O)O)Cc2cccc(Br)c2)s1. The lowest BCUT2D eigenvalue weighted by Crippen LogP contribution is -2.32. The van der Waals surface area contributed by atoms with E-state index in [-0.39, 0.29) is 18.9 Å². The Morgan fingerprint density at radius 2 is 2.18 bits per heavy atom. The third-order valence-electron chi connectivity index (χ3n) is 2.98. The molecule has 1 aromatic carbocycles. The maximum Gasteiger partial charge on any atom is 0.305 e. The van der Waals surface area contributed by atoms with Gasteiger partial charge in [-0.05, 0) is 24.6 Å². The Balaban J connectivity index is 2.18. The molecule has 0 radical (unpaired) electrons. The van der Waals surface area contributed by atoms with Crippen molar-refractivity contribution in [3.8, 4) is 0 Å². The largest absolute Gasteiger partial charge is 0.481 e. The highest BCUT2D eigenvalue weighted by molar-refractivity contribution is 9.10. The van der Waals surface area contributed by atoms with Crippen molar-refractivity contribution in [1.82, 2.24) is 9.88 Å². The normalized spacial score (nSPS) is 10.5. The maximum atomic E-state index is 12.6. The second kappa shape index (κ2) is 7.51. The number of aryl methyl sites for hydroxylation is 1. The molecule has 0 aliphatic heterocycles. The van der Waals surface area contributed by atoms with Crippen molar-refractivity contribution >= 4 is 39.1 Å². The van der Waals surface area contributed by atoms with Crippen molar-refractivity contribution in [1.29, 1.82) is 0 Å². The number of hydrogen-bond acceptors (Lipinski definition) is 4. The summed E-state index contributed by atoms with van der Waals surface area (Å²) in [5.74, 6) is -1.11. The zero-order chi connectivity index (χ0) is 16.1. The number of aromatic nitrogens is 1. The predicted molar refractivity (Wildman–Crippen MR) is 88.0 cm³/mol. The van der Waals surface area contributed by atoms with Crippen LogP contribution in [0.1, 0.15) is 26.7 Å². The molecule has 2 rings (SSSR count). The standard InChI is InChI=1S/C15H15BrN2O3S/c1-10-17-8-13(22-10)15(21)18(6-5-14(19)20)9-11-3-2-4-12(16)7-11/h2-4,7-8H,5-6,9H2,1H3,(H,19,20). The average molecular weight is 383 g/mol. The molecule has 116 valence electrons. The van der Waals surface area contributed by atoms with Gasteiger partial charge in [-0.15, -0.1) is 11.3 Å². The minimum Gasteiger partial charge on any atom is -0.481 e. The summed E-state index contributed by atoms with van der Waals surface area (Å²) < 4.78 is 0.921. The van der Waals surface area contributed by atoms with Gasteiger partial charge in [0.25, 0.3) is 5.91 Å². The summed E-state index contributed by atoms with van der Waals surface area (Å²) in [7, 11) is 0. The van der Waals surface area contributed by atoms with E-state index in [4.69, 9.17) is 5.11 Å². The van der Waals surface area contributed by atoms with Crippen LogP contribution in [0.3, 0.4) is 0 Å². The monoisotopic (exact) mass is 382 g/mol. The molecular formula is C15H15BrN2O3S. The van der Waals surface area contributed by atoms with Gasteiger partial charge in [-0.2, -0.15) is 0 Å². The molecule has 1 aromatic heterocycles. The summed E-state index contributed by atoms with van der Waals surface area (Å²) >= 11 is 4.71. The zero-order valence-electron chi connectivity index (χ0n) is 12.0. The van der Waals surface area contributed by atoms with Crippen LogP contribution in [-0.2, 0) is 11.3 Å². The van der Waals surface area contributed by atoms with Crippen LogP contribution in [0.15, 0.2) is 34.9 Å². The van der Waals surface area contributed by atoms with Gasteiger partial charge in [-0.3, -0.25) is 9.59 Å². The van der Waals surface area contributed by atoms with E-state index in [9.17, 15) is 9.59 Å². The molecule has 0 unspecified atom stereocenters. The molecule has 0 aliphatic carbocycles. The molecule has 0 fully saturated rings.